The van der Waals surface area contributed by atoms with Gasteiger partial charge in [0.1, 0.15) is 84.0 Å². The van der Waals surface area contributed by atoms with Gasteiger partial charge in [0, 0.05) is 110 Å². The van der Waals surface area contributed by atoms with Crippen LogP contribution in [0.5, 0.6) is 5.75 Å². The number of nitrogens with two attached hydrogens (primary N) is 2. The Kier molecular flexibility index (Phi) is 30.5. The average molecular weight is 2070 g/mol. The van der Waals surface area contributed by atoms with E-state index in [0.717, 1.165) is 0 Å². The molecule has 3 aliphatic rings. The Morgan fingerprint density at radius 1 is 0.404 bits per heavy atom. The summed E-state index contributed by atoms with van der Waals surface area (Å²) in [6.07, 6.45) is 8.44. The Hall–Kier alpha value is -13.4. The molecule has 12 aromatic rings. The number of aryl methyl sites for hydroxylation is 3. The molecule has 732 valence electrons. The number of aromatic nitrogens is 9. The van der Waals surface area contributed by atoms with Crippen molar-refractivity contribution in [3.05, 3.63) is 256 Å². The van der Waals surface area contributed by atoms with Crippen molar-refractivity contribution in [2.45, 2.75) is 158 Å². The summed E-state index contributed by atoms with van der Waals surface area (Å²) in [5, 5.41) is 38.3. The van der Waals surface area contributed by atoms with E-state index in [1.165, 1.54) is 50.1 Å². The fourth-order valence-electron chi connectivity index (χ4n) is 18.8. The lowest BCUT2D eigenvalue weighted by atomic mass is 10.0. The standard InChI is InChI=1S/C33H29Cl3F2N6O3.2C33H30Cl2F3N7O2/c1-7-21(45)43-16(5)12-42(13-17(43)6)30-18-10-20(34)28(22-23(35)25(37)26(38)24(36)31(22)46)41-32(18)44(33(47)19(30)11-39)29-15(4)8-9-40-27(29)14(2)3;2*1-7-21(46)44-16(5)12-43(13-17(44)6)31-18-10-20(34)29(22-24(36)23(35)26(38)27(40)25(22)37)42-32(18)45(33(47)19(31)11-39)30-15(4)8-9-41-28(30)14(2)3/h7-10,14,16-17,46H,1,12-13H2,2-6H3;2*7-10,14,16-17H,1,12-13,40H2,2-6H3/t3*16-,17+. The van der Waals surface area contributed by atoms with Crippen LogP contribution in [0.25, 0.3) is 83.9 Å². The van der Waals surface area contributed by atoms with Gasteiger partial charge in [0.05, 0.1) is 105 Å². The number of anilines is 5. The third-order valence-corrected chi connectivity index (χ3v) is 27.1. The maximum atomic E-state index is 15.5. The number of nitriles is 3. The lowest BCUT2D eigenvalue weighted by molar-refractivity contribution is -0.131. The number of pyridine rings is 9. The summed E-state index contributed by atoms with van der Waals surface area (Å²) < 4.78 is 124. The predicted molar refractivity (Wildman–Crippen MR) is 532 cm³/mol. The minimum Gasteiger partial charge on any atom is -0.506 e. The summed E-state index contributed by atoms with van der Waals surface area (Å²) in [4.78, 5) is 119. The van der Waals surface area contributed by atoms with Gasteiger partial charge in [-0.2, -0.15) is 15.8 Å². The van der Waals surface area contributed by atoms with Crippen LogP contribution in [0.4, 0.5) is 63.6 Å². The van der Waals surface area contributed by atoms with Crippen molar-refractivity contribution in [3.8, 4) is 74.8 Å². The fraction of sp³-hybridized carbons (Fsp3) is 0.303. The molecule has 0 saturated carbocycles. The van der Waals surface area contributed by atoms with Crippen molar-refractivity contribution in [1.29, 1.82) is 15.8 Å². The molecule has 0 spiro atoms. The number of halogens is 15. The number of hydrogen-bond acceptors (Lipinski definition) is 21. The molecule has 3 fully saturated rings. The predicted octanol–water partition coefficient (Wildman–Crippen LogP) is 20.6. The van der Waals surface area contributed by atoms with Crippen molar-refractivity contribution >= 4 is 160 Å². The highest BCUT2D eigenvalue weighted by Gasteiger charge is 2.42. The van der Waals surface area contributed by atoms with Gasteiger partial charge in [0.25, 0.3) is 16.7 Å². The Balaban J connectivity index is 0.000000178. The van der Waals surface area contributed by atoms with Crippen LogP contribution in [0.15, 0.2) is 107 Å². The first-order valence-electron chi connectivity index (χ1n) is 43.8. The van der Waals surface area contributed by atoms with Crippen molar-refractivity contribution in [2.75, 3.05) is 65.4 Å². The van der Waals surface area contributed by atoms with Gasteiger partial charge in [-0.15, -0.1) is 0 Å². The second-order valence-electron chi connectivity index (χ2n) is 35.3. The first kappa shape index (κ1) is 105. The minimum absolute atomic E-state index is 0.0253. The lowest BCUT2D eigenvalue weighted by Crippen LogP contribution is -2.58. The van der Waals surface area contributed by atoms with Crippen LogP contribution < -0.4 is 42.8 Å². The topological polar surface area (TPSA) is 358 Å². The van der Waals surface area contributed by atoms with Gasteiger partial charge >= 0.3 is 0 Å². The largest absolute Gasteiger partial charge is 0.506 e. The number of nitrogens with zero attached hydrogens (tertiary/aromatic N) is 18. The highest BCUT2D eigenvalue weighted by molar-refractivity contribution is 6.39. The van der Waals surface area contributed by atoms with Crippen molar-refractivity contribution in [3.63, 3.8) is 0 Å². The number of carbonyl (C=O) groups excluding carboxylic acids is 3. The number of fused-ring (bicyclic) bond motifs is 3. The molecular weight excluding hydrogens is 1980 g/mol. The molecule has 6 atom stereocenters. The Labute approximate surface area is 837 Å². The number of piperazine rings is 3. The molecular formula is C99H89Cl7F8N20O7. The third kappa shape index (κ3) is 18.2. The minimum atomic E-state index is -1.56. The third-order valence-electron chi connectivity index (χ3n) is 24.9. The Morgan fingerprint density at radius 3 is 0.894 bits per heavy atom. The van der Waals surface area contributed by atoms with E-state index in [0.29, 0.717) is 50.8 Å². The molecule has 0 unspecified atom stereocenters. The molecule has 12 heterocycles. The van der Waals surface area contributed by atoms with Crippen LogP contribution in [0.2, 0.25) is 35.2 Å². The summed E-state index contributed by atoms with van der Waals surface area (Å²) in [7, 11) is 0. The van der Waals surface area contributed by atoms with E-state index in [4.69, 9.17) is 92.7 Å². The number of aromatic hydroxyl groups is 1. The van der Waals surface area contributed by atoms with Crippen LogP contribution in [0, 0.1) is 101 Å². The van der Waals surface area contributed by atoms with E-state index >= 15 is 17.6 Å². The van der Waals surface area contributed by atoms with E-state index in [2.05, 4.69) is 67.8 Å². The van der Waals surface area contributed by atoms with Gasteiger partial charge < -0.3 is 46.0 Å². The number of phenols is 1. The van der Waals surface area contributed by atoms with Crippen LogP contribution >= 0.6 is 81.2 Å². The fourth-order valence-corrected chi connectivity index (χ4v) is 20.4. The first-order chi connectivity index (χ1) is 66.5. The van der Waals surface area contributed by atoms with Crippen LogP contribution in [0.1, 0.15) is 151 Å². The van der Waals surface area contributed by atoms with Crippen molar-refractivity contribution in [2.24, 2.45) is 0 Å². The monoisotopic (exact) mass is 2070 g/mol. The number of amides is 3. The normalized spacial score (nSPS) is 16.6. The van der Waals surface area contributed by atoms with Crippen LogP contribution in [-0.4, -0.2) is 157 Å². The van der Waals surface area contributed by atoms with Crippen molar-refractivity contribution < 1.29 is 54.6 Å². The first-order valence-corrected chi connectivity index (χ1v) is 46.4. The molecule has 3 saturated heterocycles. The van der Waals surface area contributed by atoms with E-state index < -0.39 is 129 Å². The van der Waals surface area contributed by atoms with E-state index in [1.54, 1.807) is 82.1 Å². The smallest absolute Gasteiger partial charge is 0.276 e. The zero-order chi connectivity index (χ0) is 104. The SMILES string of the molecule is C=CC(=O)N1[C@H](C)CN(c2c(C#N)c(=O)n(-c3c(C)ccnc3C(C)C)c3nc(-c4c(F)c(N)c(F)c(Cl)c4F)c(Cl)cc23)C[C@@H]1C.C=CC(=O)N1[C@H](C)CN(c2c(C#N)c(=O)n(-c3c(C)ccnc3C(C)C)c3nc(-c4c(F)c(N)c(F)c(Cl)c4F)c(Cl)cc23)C[C@@H]1C.C=CC(=O)N1[C@H](C)CN(c2c(C#N)c(=O)n(-c3c(C)ccnc3C(C)C)c3nc(-c4c(O)c(Cl)c(F)c(F)c4Cl)c(Cl)cc23)C[C@@H]1C. The molecule has 3 aliphatic heterocycles. The number of nitrogen functional groups attached to an aromatic ring is 2. The number of rotatable bonds is 15. The quantitative estimate of drug-likeness (QED) is 0.0282. The number of hydrogen-bond donors (Lipinski definition) is 3. The molecule has 0 bridgehead atoms. The summed E-state index contributed by atoms with van der Waals surface area (Å²) >= 11 is 43.9. The summed E-state index contributed by atoms with van der Waals surface area (Å²) in [6, 6.07) is 13.2. The molecule has 27 nitrogen and oxygen atoms in total. The maximum Gasteiger partial charge on any atom is 0.276 e. The molecule has 3 amide bonds. The average Bonchev–Trinajstić information content (AvgIpc) is 0.725. The van der Waals surface area contributed by atoms with Gasteiger partial charge in [-0.3, -0.25) is 57.4 Å². The second kappa shape index (κ2) is 41.0. The van der Waals surface area contributed by atoms with Gasteiger partial charge in [-0.1, -0.05) is 142 Å². The highest BCUT2D eigenvalue weighted by Crippen LogP contribution is 2.50. The number of benzene rings is 3. The van der Waals surface area contributed by atoms with Crippen LogP contribution in [-0.2, 0) is 14.4 Å². The molecule has 9 aromatic heterocycles. The van der Waals surface area contributed by atoms with E-state index in [9.17, 15) is 67.2 Å². The second-order valence-corrected chi connectivity index (χ2v) is 38.0. The van der Waals surface area contributed by atoms with Gasteiger partial charge in [-0.05, 0) is 151 Å². The molecule has 42 heteroatoms. The summed E-state index contributed by atoms with van der Waals surface area (Å²) in [6.45, 7) is 39.6. The molecule has 0 aliphatic carbocycles. The van der Waals surface area contributed by atoms with E-state index in [1.807, 2.05) is 88.0 Å². The van der Waals surface area contributed by atoms with Crippen molar-refractivity contribution in [1.82, 2.24) is 58.3 Å². The Morgan fingerprint density at radius 2 is 0.652 bits per heavy atom. The Bertz CT molecular complexity index is 6870. The zero-order valence-electron chi connectivity index (χ0n) is 78.3. The summed E-state index contributed by atoms with van der Waals surface area (Å²) in [5.74, 6) is -14.3. The number of carbonyl (C=O) groups is 3. The molecule has 141 heavy (non-hydrogen) atoms. The lowest BCUT2D eigenvalue weighted by Gasteiger charge is -2.45. The maximum absolute atomic E-state index is 15.5. The molecule has 15 rings (SSSR count). The van der Waals surface area contributed by atoms with E-state index in [-0.39, 0.29) is 199 Å². The molecule has 3 aromatic carbocycles. The highest BCUT2D eigenvalue weighted by atomic mass is 35.5. The zero-order valence-corrected chi connectivity index (χ0v) is 83.6. The van der Waals surface area contributed by atoms with Gasteiger partial charge in [0.2, 0.25) is 17.7 Å². The van der Waals surface area contributed by atoms with Crippen LogP contribution in [0.3, 0.4) is 0 Å². The van der Waals surface area contributed by atoms with Gasteiger partial charge in [0.15, 0.2) is 46.5 Å². The number of phenolic OH excluding ortho intramolecular Hbond substituents is 1. The van der Waals surface area contributed by atoms with Gasteiger partial charge in [-0.25, -0.2) is 50.1 Å². The molecule has 5 N–H and O–H groups in total. The molecule has 0 radical (unpaired) electrons. The summed E-state index contributed by atoms with van der Waals surface area (Å²) in [5.41, 5.74) is 7.30.